The highest BCUT2D eigenvalue weighted by Gasteiger charge is 2.48. The summed E-state index contributed by atoms with van der Waals surface area (Å²) in [4.78, 5) is 27.4. The summed E-state index contributed by atoms with van der Waals surface area (Å²) in [6.07, 6.45) is -0.863. The third-order valence-corrected chi connectivity index (χ3v) is 5.85. The van der Waals surface area contributed by atoms with Gasteiger partial charge < -0.3 is 15.2 Å². The maximum atomic E-state index is 14.1. The first kappa shape index (κ1) is 28.0. The third-order valence-electron chi connectivity index (χ3n) is 5.85. The van der Waals surface area contributed by atoms with E-state index in [2.05, 4.69) is 22.3 Å². The van der Waals surface area contributed by atoms with Gasteiger partial charge in [0.1, 0.15) is 18.0 Å². The number of para-hydroxylation sites is 1. The van der Waals surface area contributed by atoms with E-state index in [0.29, 0.717) is 16.9 Å². The number of carbonyl (C=O) groups is 2. The van der Waals surface area contributed by atoms with Crippen molar-refractivity contribution in [2.75, 3.05) is 5.73 Å². The number of ether oxygens (including phenoxy) is 2. The minimum Gasteiger partial charge on any atom is -0.458 e. The van der Waals surface area contributed by atoms with Crippen LogP contribution in [0.5, 0.6) is 0 Å². The summed E-state index contributed by atoms with van der Waals surface area (Å²) in [5.41, 5.74) is 6.43. The van der Waals surface area contributed by atoms with E-state index in [1.807, 2.05) is 78.9 Å². The Hall–Kier alpha value is -5.03. The summed E-state index contributed by atoms with van der Waals surface area (Å²) in [6.45, 7) is 6.83. The van der Waals surface area contributed by atoms with Gasteiger partial charge in [-0.15, -0.1) is 0 Å². The Labute approximate surface area is 234 Å². The molecule has 1 heterocycles. The van der Waals surface area contributed by atoms with Crippen molar-refractivity contribution in [3.8, 4) is 17.5 Å². The minimum atomic E-state index is -2.05. The van der Waals surface area contributed by atoms with Crippen LogP contribution in [0.25, 0.3) is 5.69 Å². The average Bonchev–Trinajstić information content (AvgIpc) is 3.24. The van der Waals surface area contributed by atoms with Crippen molar-refractivity contribution in [2.45, 2.75) is 45.4 Å². The molecule has 0 saturated carbocycles. The van der Waals surface area contributed by atoms with Gasteiger partial charge in [-0.3, -0.25) is 5.32 Å². The van der Waals surface area contributed by atoms with Gasteiger partial charge in [0.2, 0.25) is 5.54 Å². The van der Waals surface area contributed by atoms with Gasteiger partial charge in [0.05, 0.1) is 16.9 Å². The molecule has 0 radical (unpaired) electrons. The number of aromatic nitrogens is 2. The van der Waals surface area contributed by atoms with Gasteiger partial charge in [0.15, 0.2) is 0 Å². The summed E-state index contributed by atoms with van der Waals surface area (Å²) in [5, 5.41) is 7.32. The Morgan fingerprint density at radius 2 is 1.50 bits per heavy atom. The zero-order valence-electron chi connectivity index (χ0n) is 23.0. The van der Waals surface area contributed by atoms with Crippen molar-refractivity contribution in [3.63, 3.8) is 0 Å². The van der Waals surface area contributed by atoms with Gasteiger partial charge in [-0.05, 0) is 57.5 Å². The Balaban J connectivity index is 1.90. The number of nitrogen functional groups attached to an aromatic ring is 1. The Bertz CT molecular complexity index is 1530. The molecule has 0 aliphatic heterocycles. The molecule has 40 heavy (non-hydrogen) atoms. The lowest BCUT2D eigenvalue weighted by molar-refractivity contribution is -0.151. The van der Waals surface area contributed by atoms with Gasteiger partial charge in [0.25, 0.3) is 0 Å². The van der Waals surface area contributed by atoms with E-state index in [4.69, 9.17) is 15.2 Å². The van der Waals surface area contributed by atoms with Crippen LogP contribution in [0.3, 0.4) is 0 Å². The molecule has 0 bridgehead atoms. The molecule has 8 nitrogen and oxygen atoms in total. The SMILES string of the molecule is Cc1nn(-c2ccccc2)c(N)c1[C@](C#Cc1ccccc1)(NC(=O)OC(C)(C)C)C(=O)OCc1ccccc1. The molecule has 1 aromatic heterocycles. The van der Waals surface area contributed by atoms with Crippen LogP contribution in [0.4, 0.5) is 10.6 Å². The van der Waals surface area contributed by atoms with E-state index in [1.165, 1.54) is 4.68 Å². The zero-order chi connectivity index (χ0) is 28.8. The summed E-state index contributed by atoms with van der Waals surface area (Å²) >= 11 is 0. The summed E-state index contributed by atoms with van der Waals surface area (Å²) < 4.78 is 12.9. The molecule has 3 aromatic carbocycles. The summed E-state index contributed by atoms with van der Waals surface area (Å²) in [5.74, 6) is 5.31. The molecule has 4 rings (SSSR count). The second-order valence-electron chi connectivity index (χ2n) is 10.1. The summed E-state index contributed by atoms with van der Waals surface area (Å²) in [7, 11) is 0. The standard InChI is InChI=1S/C32H32N4O4/c1-23-27(28(33)36(35-23)26-18-12-7-13-19-26)32(34-30(38)40-31(2,3)4,21-20-24-14-8-5-9-15-24)29(37)39-22-25-16-10-6-11-17-25/h5-19H,22,33H2,1-4H3,(H,34,38)/t32-/m0/s1. The molecular weight excluding hydrogens is 504 g/mol. The van der Waals surface area contributed by atoms with Crippen molar-refractivity contribution < 1.29 is 19.1 Å². The summed E-state index contributed by atoms with van der Waals surface area (Å²) in [6, 6.07) is 27.6. The van der Waals surface area contributed by atoms with E-state index in [9.17, 15) is 9.59 Å². The predicted octanol–water partition coefficient (Wildman–Crippen LogP) is 5.28. The van der Waals surface area contributed by atoms with Crippen LogP contribution in [-0.4, -0.2) is 27.4 Å². The number of amides is 1. The molecule has 0 unspecified atom stereocenters. The topological polar surface area (TPSA) is 108 Å². The second-order valence-corrected chi connectivity index (χ2v) is 10.1. The first-order valence-electron chi connectivity index (χ1n) is 12.8. The van der Waals surface area contributed by atoms with Crippen molar-refractivity contribution in [2.24, 2.45) is 0 Å². The maximum absolute atomic E-state index is 14.1. The first-order valence-corrected chi connectivity index (χ1v) is 12.8. The number of nitrogens with two attached hydrogens (primary N) is 1. The molecule has 0 aliphatic carbocycles. The van der Waals surface area contributed by atoms with Crippen LogP contribution in [0.1, 0.15) is 43.2 Å². The van der Waals surface area contributed by atoms with Crippen LogP contribution in [0.2, 0.25) is 0 Å². The fourth-order valence-electron chi connectivity index (χ4n) is 4.11. The van der Waals surface area contributed by atoms with Gasteiger partial charge >= 0.3 is 12.1 Å². The molecule has 1 amide bonds. The number of anilines is 1. The maximum Gasteiger partial charge on any atom is 0.409 e. The van der Waals surface area contributed by atoms with E-state index in [1.54, 1.807) is 39.8 Å². The van der Waals surface area contributed by atoms with Crippen LogP contribution >= 0.6 is 0 Å². The normalized spacial score (nSPS) is 12.4. The van der Waals surface area contributed by atoms with Gasteiger partial charge in [-0.2, -0.15) is 5.10 Å². The molecular formula is C32H32N4O4. The number of hydrogen-bond donors (Lipinski definition) is 2. The van der Waals surface area contributed by atoms with E-state index < -0.39 is 23.2 Å². The number of hydrogen-bond acceptors (Lipinski definition) is 6. The number of nitrogens with one attached hydrogen (secondary N) is 1. The molecule has 0 saturated heterocycles. The lowest BCUT2D eigenvalue weighted by atomic mass is 9.89. The van der Waals surface area contributed by atoms with Crippen LogP contribution in [0, 0.1) is 18.8 Å². The van der Waals surface area contributed by atoms with Gasteiger partial charge in [-0.1, -0.05) is 78.6 Å². The third kappa shape index (κ3) is 6.51. The number of carbonyl (C=O) groups excluding carboxylic acids is 2. The quantitative estimate of drug-likeness (QED) is 0.256. The largest absolute Gasteiger partial charge is 0.458 e. The fraction of sp³-hybridized carbons (Fsp3) is 0.219. The van der Waals surface area contributed by atoms with Crippen molar-refractivity contribution in [1.29, 1.82) is 0 Å². The minimum absolute atomic E-state index is 0.0454. The first-order chi connectivity index (χ1) is 19.1. The molecule has 3 N–H and O–H groups in total. The van der Waals surface area contributed by atoms with E-state index >= 15 is 0 Å². The molecule has 8 heteroatoms. The number of rotatable bonds is 6. The van der Waals surface area contributed by atoms with E-state index in [-0.39, 0.29) is 18.0 Å². The van der Waals surface area contributed by atoms with Gasteiger partial charge in [0, 0.05) is 5.56 Å². The zero-order valence-corrected chi connectivity index (χ0v) is 23.0. The molecule has 0 aliphatic rings. The molecule has 4 aromatic rings. The highest BCUT2D eigenvalue weighted by atomic mass is 16.6. The lowest BCUT2D eigenvalue weighted by Gasteiger charge is -2.30. The van der Waals surface area contributed by atoms with Crippen molar-refractivity contribution >= 4 is 17.9 Å². The fourth-order valence-corrected chi connectivity index (χ4v) is 4.11. The van der Waals surface area contributed by atoms with Crippen LogP contribution in [-0.2, 0) is 26.4 Å². The molecule has 1 atom stereocenters. The molecule has 204 valence electrons. The second kappa shape index (κ2) is 11.8. The monoisotopic (exact) mass is 536 g/mol. The van der Waals surface area contributed by atoms with Crippen molar-refractivity contribution in [1.82, 2.24) is 15.1 Å². The van der Waals surface area contributed by atoms with Crippen LogP contribution in [0.15, 0.2) is 91.0 Å². The van der Waals surface area contributed by atoms with E-state index in [0.717, 1.165) is 5.56 Å². The Kier molecular flexibility index (Phi) is 8.25. The average molecular weight is 537 g/mol. The number of benzene rings is 3. The highest BCUT2D eigenvalue weighted by molar-refractivity contribution is 5.93. The number of aryl methyl sites for hydroxylation is 1. The smallest absolute Gasteiger partial charge is 0.409 e. The number of nitrogens with zero attached hydrogens (tertiary/aromatic N) is 2. The van der Waals surface area contributed by atoms with Crippen LogP contribution < -0.4 is 11.1 Å². The highest BCUT2D eigenvalue weighted by Crippen LogP contribution is 2.33. The molecule has 0 spiro atoms. The molecule has 0 fully saturated rings. The van der Waals surface area contributed by atoms with Crippen molar-refractivity contribution in [3.05, 3.63) is 113 Å². The predicted molar refractivity (Wildman–Crippen MR) is 153 cm³/mol. The lowest BCUT2D eigenvalue weighted by Crippen LogP contribution is -2.53. The Morgan fingerprint density at radius 3 is 2.10 bits per heavy atom. The number of esters is 1. The number of alkyl carbamates (subject to hydrolysis) is 1. The Morgan fingerprint density at radius 1 is 0.925 bits per heavy atom. The van der Waals surface area contributed by atoms with Gasteiger partial charge in [-0.25, -0.2) is 14.3 Å².